The van der Waals surface area contributed by atoms with Gasteiger partial charge in [-0.1, -0.05) is 30.3 Å². The van der Waals surface area contributed by atoms with Crippen LogP contribution in [0, 0.1) is 0 Å². The van der Waals surface area contributed by atoms with Gasteiger partial charge in [-0.3, -0.25) is 10.3 Å². The summed E-state index contributed by atoms with van der Waals surface area (Å²) in [5.74, 6) is 1.74. The number of benzene rings is 2. The lowest BCUT2D eigenvalue weighted by molar-refractivity contribution is 0.0396. The molecule has 1 saturated carbocycles. The Bertz CT molecular complexity index is 936. The maximum atomic E-state index is 11.3. The lowest BCUT2D eigenvalue weighted by Gasteiger charge is -2.40. The summed E-state index contributed by atoms with van der Waals surface area (Å²) in [5, 5.41) is 9.67. The van der Waals surface area contributed by atoms with E-state index in [4.69, 9.17) is 4.74 Å². The number of aliphatic imine (C=N–C) groups is 1. The van der Waals surface area contributed by atoms with Gasteiger partial charge in [0.2, 0.25) is 0 Å². The fourth-order valence-corrected chi connectivity index (χ4v) is 4.49. The smallest absolute Gasteiger partial charge is 0.411 e. The molecule has 0 bridgehead atoms. The van der Waals surface area contributed by atoms with Crippen LogP contribution in [0.4, 0.5) is 10.5 Å². The quantitative estimate of drug-likeness (QED) is 0.503. The van der Waals surface area contributed by atoms with Crippen LogP contribution in [0.1, 0.15) is 49.3 Å². The van der Waals surface area contributed by atoms with Crippen molar-refractivity contribution in [3.63, 3.8) is 0 Å². The number of amides is 1. The van der Waals surface area contributed by atoms with Crippen molar-refractivity contribution in [2.75, 3.05) is 19.5 Å². The van der Waals surface area contributed by atoms with E-state index in [0.29, 0.717) is 12.2 Å². The molecule has 1 spiro atoms. The molecule has 2 aromatic rings. The average Bonchev–Trinajstić information content (AvgIpc) is 3.24. The largest absolute Gasteiger partial charge is 0.487 e. The zero-order chi connectivity index (χ0) is 21.7. The summed E-state index contributed by atoms with van der Waals surface area (Å²) in [5.41, 5.74) is 2.89. The van der Waals surface area contributed by atoms with Crippen LogP contribution in [-0.4, -0.2) is 31.8 Å². The fraction of sp³-hybridized carbons (Fsp3) is 0.417. The Morgan fingerprint density at radius 3 is 2.61 bits per heavy atom. The average molecular weight is 423 g/mol. The zero-order valence-corrected chi connectivity index (χ0v) is 18.1. The number of fused-ring (bicyclic) bond motifs is 1. The molecule has 7 nitrogen and oxygen atoms in total. The monoisotopic (exact) mass is 422 g/mol. The molecule has 1 heterocycles. The molecule has 1 amide bonds. The van der Waals surface area contributed by atoms with Gasteiger partial charge in [0, 0.05) is 31.3 Å². The predicted molar refractivity (Wildman–Crippen MR) is 121 cm³/mol. The second-order valence-electron chi connectivity index (χ2n) is 8.17. The second kappa shape index (κ2) is 9.29. The van der Waals surface area contributed by atoms with Crippen LogP contribution in [0.5, 0.6) is 5.75 Å². The first-order chi connectivity index (χ1) is 15.1. The first kappa shape index (κ1) is 21.0. The Hall–Kier alpha value is -3.22. The maximum absolute atomic E-state index is 11.3. The number of ether oxygens (including phenoxy) is 2. The number of guanidine groups is 1. The zero-order valence-electron chi connectivity index (χ0n) is 18.1. The number of nitrogens with one attached hydrogen (secondary N) is 3. The number of methoxy groups -OCH3 is 1. The van der Waals surface area contributed by atoms with E-state index >= 15 is 0 Å². The molecule has 4 rings (SSSR count). The van der Waals surface area contributed by atoms with Crippen molar-refractivity contribution < 1.29 is 14.3 Å². The Labute approximate surface area is 183 Å². The molecule has 2 aliphatic rings. The second-order valence-corrected chi connectivity index (χ2v) is 8.17. The summed E-state index contributed by atoms with van der Waals surface area (Å²) in [6, 6.07) is 16.1. The van der Waals surface area contributed by atoms with Crippen molar-refractivity contribution >= 4 is 17.7 Å². The van der Waals surface area contributed by atoms with Gasteiger partial charge in [-0.25, -0.2) is 4.79 Å². The molecule has 7 heteroatoms. The van der Waals surface area contributed by atoms with Gasteiger partial charge in [0.1, 0.15) is 11.4 Å². The van der Waals surface area contributed by atoms with Gasteiger partial charge in [-0.15, -0.1) is 0 Å². The number of rotatable bonds is 4. The highest BCUT2D eigenvalue weighted by Crippen LogP contribution is 2.46. The first-order valence-corrected chi connectivity index (χ1v) is 10.8. The standard InChI is InChI=1S/C24H30N4O3/c1-25-22(26-16-17-9-11-18(12-10-17)27-23(29)30-2)28-20-15-24(13-5-6-14-24)31-21-8-4-3-7-19(20)21/h3-4,7-12,20H,5-6,13-16H2,1-2H3,(H,27,29)(H2,25,26,28). The SMILES string of the molecule is CN=C(NCc1ccc(NC(=O)OC)cc1)NC1CC2(CCCC2)Oc2ccccc21. The summed E-state index contributed by atoms with van der Waals surface area (Å²) in [4.78, 5) is 15.7. The summed E-state index contributed by atoms with van der Waals surface area (Å²) in [7, 11) is 3.13. The maximum Gasteiger partial charge on any atom is 0.411 e. The summed E-state index contributed by atoms with van der Waals surface area (Å²) >= 11 is 0. The predicted octanol–water partition coefficient (Wildman–Crippen LogP) is 4.37. The van der Waals surface area contributed by atoms with E-state index in [9.17, 15) is 4.79 Å². The molecule has 1 fully saturated rings. The molecule has 3 N–H and O–H groups in total. The minimum absolute atomic E-state index is 0.0622. The minimum atomic E-state index is -0.479. The lowest BCUT2D eigenvalue weighted by Crippen LogP contribution is -2.46. The van der Waals surface area contributed by atoms with Crippen LogP contribution in [0.3, 0.4) is 0 Å². The van der Waals surface area contributed by atoms with Crippen LogP contribution in [0.25, 0.3) is 0 Å². The van der Waals surface area contributed by atoms with Crippen molar-refractivity contribution in [3.8, 4) is 5.75 Å². The number of nitrogens with zero attached hydrogens (tertiary/aromatic N) is 1. The highest BCUT2D eigenvalue weighted by molar-refractivity contribution is 5.84. The van der Waals surface area contributed by atoms with Crippen LogP contribution >= 0.6 is 0 Å². The van der Waals surface area contributed by atoms with Crippen LogP contribution < -0.4 is 20.7 Å². The van der Waals surface area contributed by atoms with E-state index in [2.05, 4.69) is 43.9 Å². The molecular formula is C24H30N4O3. The van der Waals surface area contributed by atoms with Gasteiger partial charge in [0.25, 0.3) is 0 Å². The number of carbonyl (C=O) groups is 1. The van der Waals surface area contributed by atoms with Crippen molar-refractivity contribution in [1.29, 1.82) is 0 Å². The fourth-order valence-electron chi connectivity index (χ4n) is 4.49. The first-order valence-electron chi connectivity index (χ1n) is 10.8. The highest BCUT2D eigenvalue weighted by atomic mass is 16.5. The molecule has 0 radical (unpaired) electrons. The van der Waals surface area contributed by atoms with Crippen molar-refractivity contribution in [2.24, 2.45) is 4.99 Å². The van der Waals surface area contributed by atoms with Gasteiger partial charge in [-0.05, 0) is 49.4 Å². The molecule has 1 unspecified atom stereocenters. The van der Waals surface area contributed by atoms with Crippen molar-refractivity contribution in [2.45, 2.75) is 50.3 Å². The Morgan fingerprint density at radius 1 is 1.16 bits per heavy atom. The van der Waals surface area contributed by atoms with E-state index in [0.717, 1.165) is 36.5 Å². The Kier molecular flexibility index (Phi) is 6.30. The van der Waals surface area contributed by atoms with Gasteiger partial charge in [0.15, 0.2) is 5.96 Å². The Balaban J connectivity index is 1.40. The van der Waals surface area contributed by atoms with E-state index in [1.807, 2.05) is 30.3 Å². The van der Waals surface area contributed by atoms with Crippen molar-refractivity contribution in [1.82, 2.24) is 10.6 Å². The van der Waals surface area contributed by atoms with E-state index in [-0.39, 0.29) is 11.6 Å². The van der Waals surface area contributed by atoms with Crippen LogP contribution in [-0.2, 0) is 11.3 Å². The van der Waals surface area contributed by atoms with E-state index < -0.39 is 6.09 Å². The topological polar surface area (TPSA) is 84.0 Å². The lowest BCUT2D eigenvalue weighted by atomic mass is 9.86. The summed E-state index contributed by atoms with van der Waals surface area (Å²) < 4.78 is 11.1. The summed E-state index contributed by atoms with van der Waals surface area (Å²) in [6.07, 6.45) is 5.13. The number of para-hydroxylation sites is 1. The van der Waals surface area contributed by atoms with Gasteiger partial charge in [-0.2, -0.15) is 0 Å². The number of hydrogen-bond donors (Lipinski definition) is 3. The van der Waals surface area contributed by atoms with Crippen molar-refractivity contribution in [3.05, 3.63) is 59.7 Å². The van der Waals surface area contributed by atoms with E-state index in [1.165, 1.54) is 25.5 Å². The summed E-state index contributed by atoms with van der Waals surface area (Å²) in [6.45, 7) is 0.619. The molecule has 2 aromatic carbocycles. The number of carbonyl (C=O) groups excluding carboxylic acids is 1. The Morgan fingerprint density at radius 2 is 1.90 bits per heavy atom. The van der Waals surface area contributed by atoms with Gasteiger partial charge >= 0.3 is 6.09 Å². The molecule has 164 valence electrons. The third-order valence-corrected chi connectivity index (χ3v) is 6.09. The third-order valence-electron chi connectivity index (χ3n) is 6.09. The highest BCUT2D eigenvalue weighted by Gasteiger charge is 2.43. The van der Waals surface area contributed by atoms with Crippen LogP contribution in [0.2, 0.25) is 0 Å². The number of hydrogen-bond acceptors (Lipinski definition) is 4. The molecule has 31 heavy (non-hydrogen) atoms. The normalized spacial score (nSPS) is 19.3. The van der Waals surface area contributed by atoms with Gasteiger partial charge < -0.3 is 20.1 Å². The van der Waals surface area contributed by atoms with Gasteiger partial charge in [0.05, 0.1) is 13.2 Å². The minimum Gasteiger partial charge on any atom is -0.487 e. The van der Waals surface area contributed by atoms with E-state index in [1.54, 1.807) is 7.05 Å². The molecule has 1 aliphatic heterocycles. The molecule has 1 atom stereocenters. The molecular weight excluding hydrogens is 392 g/mol. The van der Waals surface area contributed by atoms with Crippen LogP contribution in [0.15, 0.2) is 53.5 Å². The molecule has 1 aliphatic carbocycles. The number of anilines is 1. The third kappa shape index (κ3) is 4.93. The molecule has 0 aromatic heterocycles. The molecule has 0 saturated heterocycles.